The topological polar surface area (TPSA) is 35.5 Å². The van der Waals surface area contributed by atoms with Gasteiger partial charge in [-0.05, 0) is 24.3 Å². The molecule has 0 aromatic heterocycles. The molecule has 2 heterocycles. The smallest absolute Gasteiger partial charge is 0.0920 e. The Kier molecular flexibility index (Phi) is 2.02. The van der Waals surface area contributed by atoms with Crippen LogP contribution in [0.25, 0.3) is 0 Å². The molecule has 2 N–H and O–H groups in total. The minimum atomic E-state index is 0.739. The maximum atomic E-state index is 9.46. The van der Waals surface area contributed by atoms with Crippen LogP contribution in [0, 0.1) is 0 Å². The van der Waals surface area contributed by atoms with Crippen molar-refractivity contribution in [2.45, 2.75) is 0 Å². The van der Waals surface area contributed by atoms with Crippen LogP contribution in [0.5, 0.6) is 0 Å². The van der Waals surface area contributed by atoms with Gasteiger partial charge in [0.15, 0.2) is 0 Å². The average Bonchev–Trinajstić information content (AvgIpc) is 2.20. The Labute approximate surface area is 76.6 Å². The monoisotopic (exact) mass is 174 g/mol. The van der Waals surface area contributed by atoms with Gasteiger partial charge in [0.2, 0.25) is 0 Å². The molecule has 2 rings (SSSR count). The lowest BCUT2D eigenvalue weighted by molar-refractivity contribution is -0.00143. The van der Waals surface area contributed by atoms with Gasteiger partial charge in [0.25, 0.3) is 0 Å². The first-order chi connectivity index (χ1) is 6.38. The van der Waals surface area contributed by atoms with E-state index in [0.717, 1.165) is 16.5 Å². The highest BCUT2D eigenvalue weighted by Crippen LogP contribution is 2.15. The number of nitrogens with zero attached hydrogens (tertiary/aromatic N) is 1. The van der Waals surface area contributed by atoms with Crippen molar-refractivity contribution in [3.8, 4) is 0 Å². The van der Waals surface area contributed by atoms with E-state index in [0.29, 0.717) is 0 Å². The number of dihydropyridines is 1. The van der Waals surface area contributed by atoms with Crippen molar-refractivity contribution >= 4 is 0 Å². The lowest BCUT2D eigenvalue weighted by atomic mass is 10.2. The number of hydroxylamine groups is 2. The van der Waals surface area contributed by atoms with Gasteiger partial charge >= 0.3 is 0 Å². The zero-order valence-corrected chi connectivity index (χ0v) is 7.01. The molecule has 0 bridgehead atoms. The average molecular weight is 174 g/mol. The van der Waals surface area contributed by atoms with Crippen molar-refractivity contribution in [3.63, 3.8) is 0 Å². The molecule has 13 heavy (non-hydrogen) atoms. The second-order valence-corrected chi connectivity index (χ2v) is 2.71. The van der Waals surface area contributed by atoms with Gasteiger partial charge in [-0.15, -0.1) is 0 Å². The molecule has 0 amide bonds. The van der Waals surface area contributed by atoms with Gasteiger partial charge in [0, 0.05) is 12.4 Å². The Morgan fingerprint density at radius 2 is 1.92 bits per heavy atom. The Balaban J connectivity index is 2.32. The summed E-state index contributed by atoms with van der Waals surface area (Å²) in [6.07, 6.45) is 14.6. The van der Waals surface area contributed by atoms with Gasteiger partial charge in [-0.3, -0.25) is 5.21 Å². The van der Waals surface area contributed by atoms with Crippen LogP contribution < -0.4 is 5.32 Å². The summed E-state index contributed by atoms with van der Waals surface area (Å²) in [7, 11) is 0. The molecule has 2 aliphatic heterocycles. The largest absolute Gasteiger partial charge is 0.360 e. The van der Waals surface area contributed by atoms with Crippen molar-refractivity contribution in [2.75, 3.05) is 0 Å². The lowest BCUT2D eigenvalue weighted by Crippen LogP contribution is -2.18. The number of allylic oxidation sites excluding steroid dienone is 6. The van der Waals surface area contributed by atoms with Crippen LogP contribution in [0.2, 0.25) is 0 Å². The Morgan fingerprint density at radius 3 is 2.62 bits per heavy atom. The second-order valence-electron chi connectivity index (χ2n) is 2.71. The molecule has 0 aromatic rings. The molecule has 0 saturated carbocycles. The molecular weight excluding hydrogens is 164 g/mol. The Bertz CT molecular complexity index is 348. The van der Waals surface area contributed by atoms with Gasteiger partial charge in [0.1, 0.15) is 0 Å². The minimum Gasteiger partial charge on any atom is -0.360 e. The minimum absolute atomic E-state index is 0.739. The third-order valence-electron chi connectivity index (χ3n) is 1.82. The first-order valence-electron chi connectivity index (χ1n) is 4.05. The highest BCUT2D eigenvalue weighted by molar-refractivity contribution is 5.38. The molecule has 0 radical (unpaired) electrons. The fraction of sp³-hybridized carbons (Fsp3) is 0. The predicted octanol–water partition coefficient (Wildman–Crippen LogP) is 1.65. The normalized spacial score (nSPS) is 25.2. The van der Waals surface area contributed by atoms with E-state index in [4.69, 9.17) is 0 Å². The molecule has 3 heteroatoms. The van der Waals surface area contributed by atoms with Crippen molar-refractivity contribution in [1.29, 1.82) is 0 Å². The molecule has 2 aliphatic rings. The quantitative estimate of drug-likeness (QED) is 0.586. The standard InChI is InChI=1S/C10H10N2O/c13-12-8-4-2-6-10(12)9-5-1-3-7-11-9/h1-8,11,13H/b10-9+. The van der Waals surface area contributed by atoms with Crippen LogP contribution in [0.1, 0.15) is 0 Å². The van der Waals surface area contributed by atoms with Crippen molar-refractivity contribution < 1.29 is 5.21 Å². The summed E-state index contributed by atoms with van der Waals surface area (Å²) in [6, 6.07) is 0. The first-order valence-corrected chi connectivity index (χ1v) is 4.05. The summed E-state index contributed by atoms with van der Waals surface area (Å²) in [5, 5.41) is 13.6. The van der Waals surface area contributed by atoms with Crippen LogP contribution in [0.3, 0.4) is 0 Å². The van der Waals surface area contributed by atoms with Crippen LogP contribution in [-0.4, -0.2) is 10.3 Å². The third kappa shape index (κ3) is 1.55. The zero-order valence-electron chi connectivity index (χ0n) is 7.01. The molecule has 0 unspecified atom stereocenters. The van der Waals surface area contributed by atoms with Gasteiger partial charge in [-0.1, -0.05) is 12.2 Å². The number of nitrogens with one attached hydrogen (secondary N) is 1. The molecule has 0 fully saturated rings. The molecule has 0 saturated heterocycles. The van der Waals surface area contributed by atoms with Gasteiger partial charge in [-0.25, -0.2) is 5.06 Å². The van der Waals surface area contributed by atoms with Crippen LogP contribution in [-0.2, 0) is 0 Å². The maximum Gasteiger partial charge on any atom is 0.0920 e. The SMILES string of the molecule is ON1C=CC=C/C1=C1/C=CC=CN1. The van der Waals surface area contributed by atoms with E-state index in [9.17, 15) is 5.21 Å². The fourth-order valence-electron chi connectivity index (χ4n) is 1.20. The Morgan fingerprint density at radius 1 is 1.08 bits per heavy atom. The highest BCUT2D eigenvalue weighted by atomic mass is 16.5. The zero-order chi connectivity index (χ0) is 9.10. The molecule has 66 valence electrons. The molecular formula is C10H10N2O. The van der Waals surface area contributed by atoms with Crippen LogP contribution in [0.15, 0.2) is 60.3 Å². The summed E-state index contributed by atoms with van der Waals surface area (Å²) in [5.74, 6) is 0. The van der Waals surface area contributed by atoms with Crippen LogP contribution in [0.4, 0.5) is 0 Å². The van der Waals surface area contributed by atoms with E-state index in [-0.39, 0.29) is 0 Å². The summed E-state index contributed by atoms with van der Waals surface area (Å²) in [5.41, 5.74) is 1.62. The second kappa shape index (κ2) is 3.33. The van der Waals surface area contributed by atoms with Gasteiger partial charge in [0.05, 0.1) is 11.4 Å². The summed E-state index contributed by atoms with van der Waals surface area (Å²) >= 11 is 0. The predicted molar refractivity (Wildman–Crippen MR) is 50.3 cm³/mol. The van der Waals surface area contributed by atoms with Crippen molar-refractivity contribution in [3.05, 3.63) is 60.3 Å². The summed E-state index contributed by atoms with van der Waals surface area (Å²) in [6.45, 7) is 0. The maximum absolute atomic E-state index is 9.46. The highest BCUT2D eigenvalue weighted by Gasteiger charge is 2.08. The number of hydrogen-bond donors (Lipinski definition) is 2. The Hall–Kier alpha value is -1.74. The summed E-state index contributed by atoms with van der Waals surface area (Å²) in [4.78, 5) is 0. The van der Waals surface area contributed by atoms with Gasteiger partial charge in [-0.2, -0.15) is 0 Å². The summed E-state index contributed by atoms with van der Waals surface area (Å²) < 4.78 is 0. The first kappa shape index (κ1) is 7.89. The van der Waals surface area contributed by atoms with E-state index in [2.05, 4.69) is 5.32 Å². The van der Waals surface area contributed by atoms with Gasteiger partial charge < -0.3 is 5.32 Å². The van der Waals surface area contributed by atoms with E-state index in [1.807, 2.05) is 36.6 Å². The fourth-order valence-corrected chi connectivity index (χ4v) is 1.20. The van der Waals surface area contributed by atoms with E-state index in [1.54, 1.807) is 12.3 Å². The molecule has 0 spiro atoms. The van der Waals surface area contributed by atoms with E-state index in [1.165, 1.54) is 0 Å². The number of hydrogen-bond acceptors (Lipinski definition) is 3. The molecule has 0 aromatic carbocycles. The van der Waals surface area contributed by atoms with Crippen molar-refractivity contribution in [1.82, 2.24) is 10.4 Å². The number of rotatable bonds is 0. The van der Waals surface area contributed by atoms with Crippen molar-refractivity contribution in [2.24, 2.45) is 0 Å². The molecule has 0 aliphatic carbocycles. The van der Waals surface area contributed by atoms with E-state index >= 15 is 0 Å². The van der Waals surface area contributed by atoms with E-state index < -0.39 is 0 Å². The molecule has 0 atom stereocenters. The lowest BCUT2D eigenvalue weighted by Gasteiger charge is -2.19. The third-order valence-corrected chi connectivity index (χ3v) is 1.82. The molecule has 3 nitrogen and oxygen atoms in total. The van der Waals surface area contributed by atoms with Crippen LogP contribution >= 0.6 is 0 Å².